The van der Waals surface area contributed by atoms with Crippen LogP contribution in [0.4, 0.5) is 0 Å². The maximum atomic E-state index is 12.2. The summed E-state index contributed by atoms with van der Waals surface area (Å²) in [5.41, 5.74) is 3.94. The van der Waals surface area contributed by atoms with E-state index < -0.39 is 5.41 Å². The topological polar surface area (TPSA) is 95.3 Å². The number of ketones is 1. The largest absolute Gasteiger partial charge is 0.317 e. The third kappa shape index (κ3) is 3.09. The van der Waals surface area contributed by atoms with Crippen molar-refractivity contribution >= 4 is 5.78 Å². The van der Waals surface area contributed by atoms with Gasteiger partial charge in [0.05, 0.1) is 12.3 Å². The maximum absolute atomic E-state index is 12.2. The molecule has 2 aliphatic carbocycles. The van der Waals surface area contributed by atoms with Crippen LogP contribution in [0.5, 0.6) is 0 Å². The first kappa shape index (κ1) is 18.9. The lowest BCUT2D eigenvalue weighted by atomic mass is 9.58. The number of aromatic nitrogens is 2. The number of nitrogens with one attached hydrogen (secondary N) is 1. The molecule has 134 valence electrons. The monoisotopic (exact) mass is 345 g/mol. The smallest absolute Gasteiger partial charge is 0.226 e. The zero-order chi connectivity index (χ0) is 20.1. The highest BCUT2D eigenvalue weighted by Gasteiger charge is 2.50. The Morgan fingerprint density at radius 2 is 2.28 bits per heavy atom. The minimum Gasteiger partial charge on any atom is -0.317 e. The fraction of sp³-hybridized carbons (Fsp3) is 0.556. The van der Waals surface area contributed by atoms with E-state index in [0.29, 0.717) is 5.69 Å². The summed E-state index contributed by atoms with van der Waals surface area (Å²) in [5.74, 6) is -0.0957. The molecule has 0 radical (unpaired) electrons. The summed E-state index contributed by atoms with van der Waals surface area (Å²) in [4.78, 5) is 15.6. The van der Waals surface area contributed by atoms with Crippen molar-refractivity contribution in [2.75, 3.05) is 7.05 Å². The van der Waals surface area contributed by atoms with Gasteiger partial charge in [-0.25, -0.2) is 10.3 Å². The first-order valence-electron chi connectivity index (χ1n) is 8.77. The first-order chi connectivity index (χ1) is 12.3. The molecule has 7 heteroatoms. The lowest BCUT2D eigenvalue weighted by Gasteiger charge is -2.44. The van der Waals surface area contributed by atoms with Crippen LogP contribution < -0.4 is 5.48 Å². The number of nitriles is 1. The van der Waals surface area contributed by atoms with E-state index in [0.717, 1.165) is 24.1 Å². The molecule has 3 atom stereocenters. The van der Waals surface area contributed by atoms with Crippen molar-refractivity contribution in [3.8, 4) is 6.07 Å². The van der Waals surface area contributed by atoms with E-state index in [1.807, 2.05) is 13.8 Å². The third-order valence-electron chi connectivity index (χ3n) is 5.06. The summed E-state index contributed by atoms with van der Waals surface area (Å²) in [6.07, 6.45) is 3.39. The second-order valence-electron chi connectivity index (χ2n) is 6.36. The summed E-state index contributed by atoms with van der Waals surface area (Å²) in [7, 11) is 4.45. The molecule has 0 bridgehead atoms. The number of rotatable bonds is 0. The van der Waals surface area contributed by atoms with Crippen molar-refractivity contribution in [3.63, 3.8) is 0 Å². The minimum atomic E-state index is -0.437. The molecule has 3 rings (SSSR count). The average Bonchev–Trinajstić information content (AvgIpc) is 2.97. The van der Waals surface area contributed by atoms with E-state index in [2.05, 4.69) is 16.0 Å². The Labute approximate surface area is 150 Å². The molecule has 1 aromatic heterocycles. The quantitative estimate of drug-likeness (QED) is 0.556. The Bertz CT molecular complexity index is 787. The predicted molar refractivity (Wildman–Crippen MR) is 93.5 cm³/mol. The number of hydrogen-bond acceptors (Lipinski definition) is 5. The number of aryl methyl sites for hydroxylation is 1. The van der Waals surface area contributed by atoms with Crippen LogP contribution in [0.25, 0.3) is 4.85 Å². The number of carbonyl (C=O) groups is 1. The highest BCUT2D eigenvalue weighted by Crippen LogP contribution is 2.49. The van der Waals surface area contributed by atoms with Gasteiger partial charge in [0.25, 0.3) is 0 Å². The molecule has 0 aliphatic heterocycles. The van der Waals surface area contributed by atoms with Crippen molar-refractivity contribution < 1.29 is 11.4 Å². The minimum absolute atomic E-state index is 0.0626. The summed E-state index contributed by atoms with van der Waals surface area (Å²) >= 11 is 0. The molecule has 0 saturated carbocycles. The number of hydrogen-bond donors (Lipinski definition) is 2. The summed E-state index contributed by atoms with van der Waals surface area (Å²) in [6.45, 7) is 11.2. The van der Waals surface area contributed by atoms with E-state index in [9.17, 15) is 10.1 Å². The highest BCUT2D eigenvalue weighted by atomic mass is 16.5. The van der Waals surface area contributed by atoms with Gasteiger partial charge in [0, 0.05) is 32.4 Å². The molecule has 25 heavy (non-hydrogen) atoms. The second kappa shape index (κ2) is 7.60. The van der Waals surface area contributed by atoms with E-state index in [1.54, 1.807) is 23.3 Å². The second-order valence-corrected chi connectivity index (χ2v) is 6.36. The van der Waals surface area contributed by atoms with Crippen LogP contribution in [-0.4, -0.2) is 27.8 Å². The lowest BCUT2D eigenvalue weighted by molar-refractivity contribution is -0.121. The molecule has 0 aromatic carbocycles. The van der Waals surface area contributed by atoms with Gasteiger partial charge in [0.2, 0.25) is 5.70 Å². The highest BCUT2D eigenvalue weighted by molar-refractivity contribution is 6.00. The van der Waals surface area contributed by atoms with E-state index in [-0.39, 0.29) is 23.3 Å². The van der Waals surface area contributed by atoms with Crippen LogP contribution >= 0.6 is 0 Å². The molecule has 2 N–H and O–H groups in total. The fourth-order valence-corrected chi connectivity index (χ4v) is 3.96. The summed E-state index contributed by atoms with van der Waals surface area (Å²) in [5, 5.41) is 21.2. The van der Waals surface area contributed by atoms with Gasteiger partial charge in [-0.2, -0.15) is 10.4 Å². The molecule has 7 nitrogen and oxygen atoms in total. The molecule has 0 spiro atoms. The van der Waals surface area contributed by atoms with E-state index in [1.165, 1.54) is 14.5 Å². The molecule has 0 amide bonds. The van der Waals surface area contributed by atoms with Gasteiger partial charge in [0.1, 0.15) is 11.8 Å². The zero-order valence-corrected chi connectivity index (χ0v) is 15.3. The van der Waals surface area contributed by atoms with E-state index in [4.69, 9.17) is 13.2 Å². The van der Waals surface area contributed by atoms with Crippen LogP contribution in [0.1, 0.15) is 46.0 Å². The summed E-state index contributed by atoms with van der Waals surface area (Å²) < 4.78 is 7.37. The normalized spacial score (nSPS) is 26.8. The van der Waals surface area contributed by atoms with Crippen LogP contribution in [0.3, 0.4) is 0 Å². The van der Waals surface area contributed by atoms with Crippen molar-refractivity contribution in [2.45, 2.75) is 39.5 Å². The maximum Gasteiger partial charge on any atom is 0.226 e. The van der Waals surface area contributed by atoms with E-state index >= 15 is 0 Å². The molecule has 1 heterocycles. The van der Waals surface area contributed by atoms with Gasteiger partial charge in [-0.05, 0) is 18.8 Å². The van der Waals surface area contributed by atoms with Gasteiger partial charge >= 0.3 is 0 Å². The fourth-order valence-electron chi connectivity index (χ4n) is 3.96. The van der Waals surface area contributed by atoms with Crippen molar-refractivity contribution in [1.82, 2.24) is 15.3 Å². The average molecular weight is 345 g/mol. The Hall–Kier alpha value is -2.48. The van der Waals surface area contributed by atoms with Crippen molar-refractivity contribution in [2.24, 2.45) is 18.9 Å². The number of allylic oxidation sites excluding steroid dienone is 2. The van der Waals surface area contributed by atoms with Crippen LogP contribution in [0, 0.1) is 29.7 Å². The van der Waals surface area contributed by atoms with Gasteiger partial charge in [-0.3, -0.25) is 4.68 Å². The van der Waals surface area contributed by atoms with Crippen molar-refractivity contribution in [1.29, 1.82) is 5.26 Å². The number of Topliss-reactive ketones (excluding diaryl/α,β-unsaturated/α-hetero) is 1. The Kier molecular flexibility index (Phi) is 5.73. The number of hydroxylamine groups is 1. The van der Waals surface area contributed by atoms with Crippen LogP contribution in [0.2, 0.25) is 0 Å². The van der Waals surface area contributed by atoms with Crippen LogP contribution in [0.15, 0.2) is 11.8 Å². The molecule has 2 aliphatic rings. The zero-order valence-electron chi connectivity index (χ0n) is 16.3. The third-order valence-corrected chi connectivity index (χ3v) is 5.06. The Morgan fingerprint density at radius 1 is 1.68 bits per heavy atom. The van der Waals surface area contributed by atoms with Gasteiger partial charge in [0.15, 0.2) is 5.78 Å². The molecule has 1 aromatic rings. The molecular weight excluding hydrogens is 318 g/mol. The van der Waals surface area contributed by atoms with Gasteiger partial charge in [-0.15, -0.1) is 0 Å². The van der Waals surface area contributed by atoms with Gasteiger partial charge < -0.3 is 10.0 Å². The SMILES string of the molecule is CNO.[3H]C.[C-]#[N+]C1=C[C@]2(C)c3nn(C)c(C#N)c3CC[C@H]2[C@H](C)C1=O. The van der Waals surface area contributed by atoms with Crippen molar-refractivity contribution in [3.05, 3.63) is 40.1 Å². The molecule has 0 saturated heterocycles. The summed E-state index contributed by atoms with van der Waals surface area (Å²) in [6, 6.07) is 2.21. The number of carbonyl (C=O) groups excluding carboxylic acids is 1. The molecule has 0 unspecified atom stereocenters. The number of fused-ring (bicyclic) bond motifs is 3. The Balaban J connectivity index is 0.000000615. The first-order valence-corrected chi connectivity index (χ1v) is 7.77. The van der Waals surface area contributed by atoms with Gasteiger partial charge in [-0.1, -0.05) is 27.3 Å². The molecule has 0 fully saturated rings. The standard InChI is InChI=1S/C16H16N4O.CH5NO.CH4/c1-9-11-6-5-10-13(8-17)20(4)19-15(10)16(11,2)7-12(18-3)14(9)21;1-2-3;/h7,9,11H,5-6H2,1-2,4H3;2-3H,1H3;1H4/t9-,11-,16-;;/m0../s1/i;;1T. The Morgan fingerprint density at radius 3 is 2.80 bits per heavy atom. The van der Waals surface area contributed by atoms with Crippen LogP contribution in [-0.2, 0) is 23.7 Å². The molecular formula is C18H25N5O2. The lowest BCUT2D eigenvalue weighted by Crippen LogP contribution is -2.45. The predicted octanol–water partition coefficient (Wildman–Crippen LogP) is 2.36. The number of nitrogens with zero attached hydrogens (tertiary/aromatic N) is 4.